The largest absolute Gasteiger partial charge is 0.490 e. The number of aliphatic carboxylic acids is 1. The Morgan fingerprint density at radius 1 is 1.03 bits per heavy atom. The van der Waals surface area contributed by atoms with Gasteiger partial charge in [-0.25, -0.2) is 14.3 Å². The van der Waals surface area contributed by atoms with Gasteiger partial charge >= 0.3 is 12.1 Å². The van der Waals surface area contributed by atoms with Crippen LogP contribution in [0, 0.1) is 0 Å². The molecule has 2 aromatic heterocycles. The highest BCUT2D eigenvalue weighted by Crippen LogP contribution is 2.27. The highest BCUT2D eigenvalue weighted by molar-refractivity contribution is 6.04. The highest BCUT2D eigenvalue weighted by atomic mass is 19.4. The molecule has 0 aliphatic carbocycles. The van der Waals surface area contributed by atoms with Crippen molar-refractivity contribution >= 4 is 23.3 Å². The number of alkyl halides is 3. The third-order valence-corrected chi connectivity index (χ3v) is 6.09. The average Bonchev–Trinajstić information content (AvgIpc) is 3.36. The van der Waals surface area contributed by atoms with Gasteiger partial charge in [-0.15, -0.1) is 0 Å². The summed E-state index contributed by atoms with van der Waals surface area (Å²) in [7, 11) is 0. The van der Waals surface area contributed by atoms with E-state index in [1.54, 1.807) is 48.8 Å². The molecule has 0 radical (unpaired) electrons. The molecule has 204 valence electrons. The number of anilines is 1. The van der Waals surface area contributed by atoms with Crippen molar-refractivity contribution in [2.45, 2.75) is 38.6 Å². The fourth-order valence-electron chi connectivity index (χ4n) is 4.04. The summed E-state index contributed by atoms with van der Waals surface area (Å²) in [4.78, 5) is 26.3. The van der Waals surface area contributed by atoms with Gasteiger partial charge in [-0.1, -0.05) is 24.3 Å². The Labute approximate surface area is 221 Å². The second-order valence-corrected chi connectivity index (χ2v) is 9.43. The lowest BCUT2D eigenvalue weighted by atomic mass is 9.97. The van der Waals surface area contributed by atoms with Crippen LogP contribution in [0.2, 0.25) is 0 Å². The lowest BCUT2D eigenvalue weighted by Crippen LogP contribution is -2.23. The SMILES string of the molecule is CC(C)(O)c1ccc(C(=O)Nc2cc(-c3ccc4c(c3)CNCC4)n3nccc3n2)cc1.O=C(O)C(F)(F)F. The molecule has 4 aromatic rings. The molecule has 3 heterocycles. The Morgan fingerprint density at radius 3 is 2.36 bits per heavy atom. The molecule has 0 unspecified atom stereocenters. The molecule has 5 rings (SSSR count). The number of hydrogen-bond donors (Lipinski definition) is 4. The first-order chi connectivity index (χ1) is 18.3. The van der Waals surface area contributed by atoms with Crippen LogP contribution < -0.4 is 10.6 Å². The highest BCUT2D eigenvalue weighted by Gasteiger charge is 2.38. The molecular weight excluding hydrogens is 515 g/mol. The number of carbonyl (C=O) groups is 2. The third-order valence-electron chi connectivity index (χ3n) is 6.09. The van der Waals surface area contributed by atoms with E-state index in [-0.39, 0.29) is 5.91 Å². The van der Waals surface area contributed by atoms with Crippen molar-refractivity contribution in [3.63, 3.8) is 0 Å². The van der Waals surface area contributed by atoms with E-state index in [1.165, 1.54) is 11.1 Å². The van der Waals surface area contributed by atoms with E-state index in [0.717, 1.165) is 36.3 Å². The van der Waals surface area contributed by atoms with Crippen LogP contribution >= 0.6 is 0 Å². The smallest absolute Gasteiger partial charge is 0.475 e. The van der Waals surface area contributed by atoms with Gasteiger partial charge in [-0.3, -0.25) is 4.79 Å². The van der Waals surface area contributed by atoms with Crippen molar-refractivity contribution in [3.05, 3.63) is 83.0 Å². The summed E-state index contributed by atoms with van der Waals surface area (Å²) in [5.74, 6) is -2.56. The number of nitrogens with zero attached hydrogens (tertiary/aromatic N) is 3. The Kier molecular flexibility index (Phi) is 7.70. The molecule has 0 saturated heterocycles. The predicted octanol–water partition coefficient (Wildman–Crippen LogP) is 4.16. The topological polar surface area (TPSA) is 129 Å². The minimum atomic E-state index is -5.08. The number of fused-ring (bicyclic) bond motifs is 2. The monoisotopic (exact) mass is 541 g/mol. The van der Waals surface area contributed by atoms with E-state index in [9.17, 15) is 23.1 Å². The molecule has 0 bridgehead atoms. The molecule has 9 nitrogen and oxygen atoms in total. The maximum absolute atomic E-state index is 12.8. The summed E-state index contributed by atoms with van der Waals surface area (Å²) < 4.78 is 33.5. The minimum absolute atomic E-state index is 0.260. The normalized spacial score (nSPS) is 13.3. The molecule has 1 aliphatic heterocycles. The van der Waals surface area contributed by atoms with Gasteiger partial charge in [0.25, 0.3) is 5.91 Å². The Balaban J connectivity index is 0.000000448. The first kappa shape index (κ1) is 27.7. The molecule has 1 aliphatic rings. The fourth-order valence-corrected chi connectivity index (χ4v) is 4.04. The van der Waals surface area contributed by atoms with E-state index in [4.69, 9.17) is 9.90 Å². The summed E-state index contributed by atoms with van der Waals surface area (Å²) in [6.07, 6.45) is -2.36. The van der Waals surface area contributed by atoms with Gasteiger partial charge in [0.15, 0.2) is 5.65 Å². The zero-order valence-corrected chi connectivity index (χ0v) is 21.1. The van der Waals surface area contributed by atoms with Crippen LogP contribution in [-0.2, 0) is 23.4 Å². The van der Waals surface area contributed by atoms with Crippen LogP contribution in [0.3, 0.4) is 0 Å². The number of carbonyl (C=O) groups excluding carboxylic acids is 1. The van der Waals surface area contributed by atoms with E-state index >= 15 is 0 Å². The van der Waals surface area contributed by atoms with Crippen LogP contribution in [0.1, 0.15) is 40.9 Å². The third kappa shape index (κ3) is 6.59. The van der Waals surface area contributed by atoms with E-state index in [0.29, 0.717) is 17.0 Å². The summed E-state index contributed by atoms with van der Waals surface area (Å²) in [6, 6.07) is 17.0. The quantitative estimate of drug-likeness (QED) is 0.306. The van der Waals surface area contributed by atoms with Crippen LogP contribution in [0.25, 0.3) is 16.9 Å². The van der Waals surface area contributed by atoms with Gasteiger partial charge in [-0.05, 0) is 61.7 Å². The molecular formula is C27H26F3N5O4. The second kappa shape index (κ2) is 10.8. The Bertz CT molecular complexity index is 1510. The lowest BCUT2D eigenvalue weighted by Gasteiger charge is -2.18. The van der Waals surface area contributed by atoms with Crippen molar-refractivity contribution in [2.75, 3.05) is 11.9 Å². The number of halogens is 3. The number of hydrogen-bond acceptors (Lipinski definition) is 6. The van der Waals surface area contributed by atoms with Gasteiger partial charge < -0.3 is 20.8 Å². The molecule has 2 aromatic carbocycles. The number of benzene rings is 2. The van der Waals surface area contributed by atoms with E-state index < -0.39 is 17.7 Å². The second-order valence-electron chi connectivity index (χ2n) is 9.43. The number of amides is 1. The Hall–Kier alpha value is -4.29. The molecule has 39 heavy (non-hydrogen) atoms. The van der Waals surface area contributed by atoms with Crippen LogP contribution in [0.4, 0.5) is 19.0 Å². The van der Waals surface area contributed by atoms with Crippen LogP contribution in [0.15, 0.2) is 60.8 Å². The number of aliphatic hydroxyl groups is 1. The number of aromatic nitrogens is 3. The van der Waals surface area contributed by atoms with Gasteiger partial charge in [0, 0.05) is 29.8 Å². The molecule has 0 saturated carbocycles. The van der Waals surface area contributed by atoms with Crippen molar-refractivity contribution < 1.29 is 33.0 Å². The number of carboxylic acid groups (broad SMARTS) is 1. The average molecular weight is 542 g/mol. The summed E-state index contributed by atoms with van der Waals surface area (Å²) in [5.41, 5.74) is 5.47. The molecule has 0 fully saturated rings. The molecule has 1 amide bonds. The van der Waals surface area contributed by atoms with E-state index in [1.807, 2.05) is 12.1 Å². The van der Waals surface area contributed by atoms with Crippen LogP contribution in [-0.4, -0.2) is 49.4 Å². The summed E-state index contributed by atoms with van der Waals surface area (Å²) in [5, 5.41) is 28.0. The standard InChI is InChI=1S/C25H25N5O2.C2HF3O2/c1-25(2,32)20-7-5-17(6-8-20)24(31)29-22-14-21(30-23(28-22)10-12-27-30)18-4-3-16-9-11-26-15-19(16)13-18;3-2(4,5)1(6)7/h3-8,10,12-14,26,32H,9,11,15H2,1-2H3,(H,28,29,31);(H,6,7). The number of rotatable bonds is 4. The van der Waals surface area contributed by atoms with Gasteiger partial charge in [0.1, 0.15) is 5.82 Å². The van der Waals surface area contributed by atoms with Crippen molar-refractivity contribution in [1.82, 2.24) is 19.9 Å². The summed E-state index contributed by atoms with van der Waals surface area (Å²) in [6.45, 7) is 5.27. The molecule has 4 N–H and O–H groups in total. The van der Waals surface area contributed by atoms with Gasteiger partial charge in [0.05, 0.1) is 17.5 Å². The van der Waals surface area contributed by atoms with Gasteiger partial charge in [0.2, 0.25) is 0 Å². The molecule has 0 atom stereocenters. The van der Waals surface area contributed by atoms with Crippen molar-refractivity contribution in [3.8, 4) is 11.3 Å². The maximum Gasteiger partial charge on any atom is 0.490 e. The molecule has 12 heteroatoms. The van der Waals surface area contributed by atoms with Gasteiger partial charge in [-0.2, -0.15) is 18.3 Å². The van der Waals surface area contributed by atoms with Crippen LogP contribution in [0.5, 0.6) is 0 Å². The first-order valence-corrected chi connectivity index (χ1v) is 11.9. The summed E-state index contributed by atoms with van der Waals surface area (Å²) >= 11 is 0. The lowest BCUT2D eigenvalue weighted by molar-refractivity contribution is -0.192. The minimum Gasteiger partial charge on any atom is -0.475 e. The Morgan fingerprint density at radius 2 is 1.72 bits per heavy atom. The number of nitrogens with one attached hydrogen (secondary N) is 2. The van der Waals surface area contributed by atoms with Crippen molar-refractivity contribution in [1.29, 1.82) is 0 Å². The zero-order valence-electron chi connectivity index (χ0n) is 21.1. The zero-order chi connectivity index (χ0) is 28.4. The maximum atomic E-state index is 12.8. The fraction of sp³-hybridized carbons (Fsp3) is 0.259. The predicted molar refractivity (Wildman–Crippen MR) is 137 cm³/mol. The first-order valence-electron chi connectivity index (χ1n) is 11.9. The number of carboxylic acids is 1. The van der Waals surface area contributed by atoms with Crippen molar-refractivity contribution in [2.24, 2.45) is 0 Å². The van der Waals surface area contributed by atoms with E-state index in [2.05, 4.69) is 38.9 Å². The molecule has 0 spiro atoms.